The van der Waals surface area contributed by atoms with Crippen LogP contribution >= 0.6 is 0 Å². The molecule has 0 N–H and O–H groups in total. The van der Waals surface area contributed by atoms with E-state index in [9.17, 15) is 0 Å². The van der Waals surface area contributed by atoms with Gasteiger partial charge in [0.15, 0.2) is 0 Å². The Morgan fingerprint density at radius 2 is 1.50 bits per heavy atom. The number of hydrogen-bond donors (Lipinski definition) is 0. The normalized spacial score (nSPS) is 48.3. The maximum Gasteiger partial charge on any atom is 0.102 e. The second-order valence-corrected chi connectivity index (χ2v) is 7.47. The van der Waals surface area contributed by atoms with Gasteiger partial charge in [-0.3, -0.25) is 0 Å². The molecule has 1 heteroatoms. The van der Waals surface area contributed by atoms with E-state index >= 15 is 0 Å². The summed E-state index contributed by atoms with van der Waals surface area (Å²) in [6.45, 7) is 0. The van der Waals surface area contributed by atoms with Crippen molar-refractivity contribution >= 4 is 0 Å². The van der Waals surface area contributed by atoms with Crippen molar-refractivity contribution in [1.29, 1.82) is 0 Å². The van der Waals surface area contributed by atoms with E-state index in [2.05, 4.69) is 42.5 Å². The lowest BCUT2D eigenvalue weighted by atomic mass is 9.50. The van der Waals surface area contributed by atoms with Gasteiger partial charge in [0.1, 0.15) is 6.10 Å². The molecule has 5 aliphatic rings. The minimum Gasteiger partial charge on any atom is -0.358 e. The lowest BCUT2D eigenvalue weighted by Crippen LogP contribution is -2.56. The molecule has 4 saturated carbocycles. The molecule has 1 aromatic carbocycles. The molecular weight excluding hydrogens is 244 g/mol. The molecule has 0 unspecified atom stereocenters. The van der Waals surface area contributed by atoms with E-state index in [4.69, 9.17) is 4.74 Å². The van der Waals surface area contributed by atoms with E-state index < -0.39 is 0 Å². The predicted molar refractivity (Wildman–Crippen MR) is 79.2 cm³/mol. The Labute approximate surface area is 121 Å². The Morgan fingerprint density at radius 3 is 2.15 bits per heavy atom. The molecule has 0 radical (unpaired) electrons. The van der Waals surface area contributed by atoms with Gasteiger partial charge in [0.25, 0.3) is 0 Å². The van der Waals surface area contributed by atoms with Crippen LogP contribution in [0.5, 0.6) is 0 Å². The molecule has 104 valence electrons. The second-order valence-electron chi connectivity index (χ2n) is 7.47. The first-order valence-corrected chi connectivity index (χ1v) is 8.25. The van der Waals surface area contributed by atoms with Crippen molar-refractivity contribution in [3.05, 3.63) is 48.0 Å². The van der Waals surface area contributed by atoms with Crippen LogP contribution in [0, 0.1) is 23.7 Å². The molecule has 1 aliphatic heterocycles. The van der Waals surface area contributed by atoms with Crippen LogP contribution in [0.2, 0.25) is 0 Å². The van der Waals surface area contributed by atoms with Crippen molar-refractivity contribution in [2.45, 2.75) is 43.8 Å². The van der Waals surface area contributed by atoms with Crippen LogP contribution in [0.3, 0.4) is 0 Å². The van der Waals surface area contributed by atoms with Crippen LogP contribution in [-0.4, -0.2) is 5.60 Å². The largest absolute Gasteiger partial charge is 0.358 e. The van der Waals surface area contributed by atoms with Crippen LogP contribution < -0.4 is 0 Å². The van der Waals surface area contributed by atoms with E-state index in [0.717, 1.165) is 23.7 Å². The average Bonchev–Trinajstić information content (AvgIpc) is 2.91. The third-order valence-corrected chi connectivity index (χ3v) is 6.40. The van der Waals surface area contributed by atoms with E-state index in [0.29, 0.717) is 0 Å². The first-order chi connectivity index (χ1) is 9.83. The molecule has 4 bridgehead atoms. The van der Waals surface area contributed by atoms with Gasteiger partial charge in [0, 0.05) is 0 Å². The maximum absolute atomic E-state index is 6.70. The van der Waals surface area contributed by atoms with Gasteiger partial charge < -0.3 is 4.74 Å². The van der Waals surface area contributed by atoms with Crippen LogP contribution in [0.25, 0.3) is 0 Å². The van der Waals surface area contributed by atoms with Gasteiger partial charge in [-0.25, -0.2) is 0 Å². The Balaban J connectivity index is 1.47. The molecule has 0 saturated heterocycles. The molecule has 4 fully saturated rings. The fourth-order valence-electron chi connectivity index (χ4n) is 5.74. The van der Waals surface area contributed by atoms with E-state index in [1.165, 1.54) is 37.7 Å². The molecule has 1 atom stereocenters. The maximum atomic E-state index is 6.70. The molecule has 1 heterocycles. The Morgan fingerprint density at radius 1 is 0.850 bits per heavy atom. The summed E-state index contributed by atoms with van der Waals surface area (Å²) >= 11 is 0. The Hall–Kier alpha value is -1.08. The van der Waals surface area contributed by atoms with Crippen LogP contribution in [0.15, 0.2) is 42.5 Å². The molecule has 20 heavy (non-hydrogen) atoms. The van der Waals surface area contributed by atoms with Gasteiger partial charge in [-0.15, -0.1) is 0 Å². The number of benzene rings is 1. The summed E-state index contributed by atoms with van der Waals surface area (Å²) in [4.78, 5) is 0. The van der Waals surface area contributed by atoms with Crippen molar-refractivity contribution in [2.75, 3.05) is 0 Å². The summed E-state index contributed by atoms with van der Waals surface area (Å²) in [5, 5.41) is 0. The molecule has 1 nitrogen and oxygen atoms in total. The fraction of sp³-hybridized carbons (Fsp3) is 0.579. The van der Waals surface area contributed by atoms with Gasteiger partial charge in [-0.05, 0) is 61.3 Å². The van der Waals surface area contributed by atoms with E-state index in [1.54, 1.807) is 0 Å². The van der Waals surface area contributed by atoms with Crippen molar-refractivity contribution in [3.63, 3.8) is 0 Å². The monoisotopic (exact) mass is 266 g/mol. The highest BCUT2D eigenvalue weighted by molar-refractivity contribution is 5.29. The summed E-state index contributed by atoms with van der Waals surface area (Å²) in [5.74, 6) is 3.61. The summed E-state index contributed by atoms with van der Waals surface area (Å²) < 4.78 is 6.70. The van der Waals surface area contributed by atoms with Crippen molar-refractivity contribution in [1.82, 2.24) is 0 Å². The molecular formula is C19H22O. The number of hydrogen-bond acceptors (Lipinski definition) is 1. The number of ether oxygens (including phenoxy) is 1. The standard InChI is InChI=1S/C19H22O/c1-2-4-15(5-3-1)18-6-7-19(20-18)16-9-13-8-14(11-16)12-17(19)10-13/h1-7,13-14,16-18H,8-12H2/t13?,14?,16?,17?,18-,19?/m0/s1. The van der Waals surface area contributed by atoms with Gasteiger partial charge >= 0.3 is 0 Å². The van der Waals surface area contributed by atoms with Crippen molar-refractivity contribution in [2.24, 2.45) is 23.7 Å². The minimum absolute atomic E-state index is 0.0912. The highest BCUT2D eigenvalue weighted by Gasteiger charge is 2.58. The smallest absolute Gasteiger partial charge is 0.102 e. The van der Waals surface area contributed by atoms with Crippen LogP contribution in [0.1, 0.15) is 43.8 Å². The number of rotatable bonds is 1. The van der Waals surface area contributed by atoms with Crippen LogP contribution in [0.4, 0.5) is 0 Å². The summed E-state index contributed by atoms with van der Waals surface area (Å²) in [7, 11) is 0. The van der Waals surface area contributed by atoms with Crippen LogP contribution in [-0.2, 0) is 4.74 Å². The quantitative estimate of drug-likeness (QED) is 0.680. The highest BCUT2D eigenvalue weighted by atomic mass is 16.5. The van der Waals surface area contributed by atoms with E-state index in [1.807, 2.05) is 0 Å². The topological polar surface area (TPSA) is 9.23 Å². The van der Waals surface area contributed by atoms with Gasteiger partial charge in [0.05, 0.1) is 5.60 Å². The first kappa shape index (κ1) is 11.6. The average molecular weight is 266 g/mol. The molecule has 6 rings (SSSR count). The molecule has 0 amide bonds. The van der Waals surface area contributed by atoms with Gasteiger partial charge in [-0.2, -0.15) is 0 Å². The third-order valence-electron chi connectivity index (χ3n) is 6.40. The molecule has 0 aromatic heterocycles. The lowest BCUT2D eigenvalue weighted by molar-refractivity contribution is -0.180. The Bertz CT molecular complexity index is 516. The van der Waals surface area contributed by atoms with E-state index in [-0.39, 0.29) is 11.7 Å². The predicted octanol–water partition coefficient (Wildman–Crippen LogP) is 4.51. The Kier molecular flexibility index (Phi) is 2.30. The SMILES string of the molecule is C1=CC2(O[C@@H]1c1ccccc1)C1CC3CC(C1)CC2C3. The zero-order valence-electron chi connectivity index (χ0n) is 11.9. The summed E-state index contributed by atoms with van der Waals surface area (Å²) in [5.41, 5.74) is 1.41. The first-order valence-electron chi connectivity index (χ1n) is 8.25. The van der Waals surface area contributed by atoms with Gasteiger partial charge in [0.2, 0.25) is 0 Å². The summed E-state index contributed by atoms with van der Waals surface area (Å²) in [6.07, 6.45) is 12.1. The minimum atomic E-state index is 0.0912. The van der Waals surface area contributed by atoms with Crippen molar-refractivity contribution in [3.8, 4) is 0 Å². The molecule has 4 aliphatic carbocycles. The lowest BCUT2D eigenvalue weighted by Gasteiger charge is -2.59. The zero-order chi connectivity index (χ0) is 13.2. The third kappa shape index (κ3) is 1.47. The highest BCUT2D eigenvalue weighted by Crippen LogP contribution is 2.62. The fourth-order valence-corrected chi connectivity index (χ4v) is 5.74. The zero-order valence-corrected chi connectivity index (χ0v) is 11.9. The molecule has 1 aromatic rings. The van der Waals surface area contributed by atoms with Crippen molar-refractivity contribution < 1.29 is 4.74 Å². The van der Waals surface area contributed by atoms with Gasteiger partial charge in [-0.1, -0.05) is 42.5 Å². The molecule has 1 spiro atoms. The second kappa shape index (κ2) is 3.98. The summed E-state index contributed by atoms with van der Waals surface area (Å²) in [6, 6.07) is 10.7.